The molecule has 0 spiro atoms. The van der Waals surface area contributed by atoms with Gasteiger partial charge < -0.3 is 5.73 Å². The summed E-state index contributed by atoms with van der Waals surface area (Å²) in [5.41, 5.74) is 8.21. The monoisotopic (exact) mass is 287 g/mol. The van der Waals surface area contributed by atoms with Gasteiger partial charge in [0, 0.05) is 12.0 Å². The molecule has 3 rings (SSSR count). The molecule has 4 heteroatoms. The molecule has 0 saturated heterocycles. The number of nitrogens with zero attached hydrogens (tertiary/aromatic N) is 2. The van der Waals surface area contributed by atoms with E-state index in [9.17, 15) is 0 Å². The van der Waals surface area contributed by atoms with Crippen molar-refractivity contribution in [2.75, 3.05) is 6.54 Å². The van der Waals surface area contributed by atoms with Crippen LogP contribution in [-0.4, -0.2) is 16.7 Å². The Balaban J connectivity index is 1.74. The minimum atomic E-state index is 0.634. The minimum absolute atomic E-state index is 0.634. The Morgan fingerprint density at radius 3 is 2.50 bits per heavy atom. The predicted octanol–water partition coefficient (Wildman–Crippen LogP) is 3.75. The van der Waals surface area contributed by atoms with Crippen LogP contribution >= 0.6 is 11.3 Å². The van der Waals surface area contributed by atoms with Crippen LogP contribution in [0.5, 0.6) is 0 Å². The molecule has 106 valence electrons. The second-order valence-corrected chi connectivity index (χ2v) is 6.56. The molecule has 2 aromatic rings. The highest BCUT2D eigenvalue weighted by Crippen LogP contribution is 2.33. The Hall–Kier alpha value is -1.26. The van der Waals surface area contributed by atoms with Gasteiger partial charge in [-0.1, -0.05) is 54.9 Å². The summed E-state index contributed by atoms with van der Waals surface area (Å²) in [5.74, 6) is 0.764. The Labute approximate surface area is 124 Å². The molecule has 1 aliphatic rings. The van der Waals surface area contributed by atoms with Gasteiger partial charge in [-0.15, -0.1) is 10.2 Å². The van der Waals surface area contributed by atoms with Gasteiger partial charge in [0.05, 0.1) is 0 Å². The zero-order valence-corrected chi connectivity index (χ0v) is 12.5. The molecule has 0 unspecified atom stereocenters. The van der Waals surface area contributed by atoms with Crippen LogP contribution in [0.15, 0.2) is 24.3 Å². The average molecular weight is 287 g/mol. The fourth-order valence-corrected chi connectivity index (χ4v) is 3.79. The molecular weight excluding hydrogens is 266 g/mol. The van der Waals surface area contributed by atoms with Gasteiger partial charge in [0.15, 0.2) is 0 Å². The number of rotatable bonds is 4. The zero-order valence-electron chi connectivity index (χ0n) is 11.7. The van der Waals surface area contributed by atoms with Crippen molar-refractivity contribution in [1.29, 1.82) is 0 Å². The normalized spacial score (nSPS) is 16.4. The Kier molecular flexibility index (Phi) is 4.43. The highest BCUT2D eigenvalue weighted by Gasteiger charge is 2.15. The number of hydrogen-bond acceptors (Lipinski definition) is 4. The molecule has 2 N–H and O–H groups in total. The number of nitrogens with two attached hydrogens (primary N) is 1. The van der Waals surface area contributed by atoms with E-state index in [1.54, 1.807) is 11.3 Å². The maximum atomic E-state index is 5.55. The molecule has 0 aliphatic heterocycles. The highest BCUT2D eigenvalue weighted by atomic mass is 32.1. The summed E-state index contributed by atoms with van der Waals surface area (Å²) in [7, 11) is 0. The lowest BCUT2D eigenvalue weighted by molar-refractivity contribution is 0.443. The van der Waals surface area contributed by atoms with Crippen molar-refractivity contribution in [3.8, 4) is 10.6 Å². The fraction of sp³-hybridized carbons (Fsp3) is 0.500. The molecule has 1 heterocycles. The molecule has 1 aromatic carbocycles. The van der Waals surface area contributed by atoms with Crippen molar-refractivity contribution in [3.63, 3.8) is 0 Å². The summed E-state index contributed by atoms with van der Waals surface area (Å²) in [6.07, 6.45) is 7.68. The van der Waals surface area contributed by atoms with Crippen molar-refractivity contribution in [3.05, 3.63) is 34.8 Å². The topological polar surface area (TPSA) is 51.8 Å². The van der Waals surface area contributed by atoms with E-state index in [2.05, 4.69) is 34.5 Å². The second-order valence-electron chi connectivity index (χ2n) is 5.50. The van der Waals surface area contributed by atoms with E-state index in [0.29, 0.717) is 6.54 Å². The van der Waals surface area contributed by atoms with Crippen LogP contribution in [0.3, 0.4) is 0 Å². The average Bonchev–Trinajstić information content (AvgIpc) is 2.97. The Bertz CT molecular complexity index is 541. The predicted molar refractivity (Wildman–Crippen MR) is 83.9 cm³/mol. The molecular formula is C16H21N3S. The van der Waals surface area contributed by atoms with Crippen LogP contribution < -0.4 is 5.73 Å². The third-order valence-corrected chi connectivity index (χ3v) is 5.09. The van der Waals surface area contributed by atoms with Crippen LogP contribution in [-0.2, 0) is 6.42 Å². The zero-order chi connectivity index (χ0) is 13.8. The van der Waals surface area contributed by atoms with E-state index in [1.165, 1.54) is 43.2 Å². The van der Waals surface area contributed by atoms with E-state index >= 15 is 0 Å². The lowest BCUT2D eigenvalue weighted by atomic mass is 9.84. The lowest BCUT2D eigenvalue weighted by Gasteiger charge is -2.21. The van der Waals surface area contributed by atoms with Gasteiger partial charge >= 0.3 is 0 Å². The molecule has 20 heavy (non-hydrogen) atoms. The Morgan fingerprint density at radius 2 is 1.80 bits per heavy atom. The van der Waals surface area contributed by atoms with Crippen LogP contribution in [0.1, 0.15) is 48.6 Å². The van der Waals surface area contributed by atoms with Crippen molar-refractivity contribution < 1.29 is 0 Å². The molecule has 1 aliphatic carbocycles. The molecule has 0 bridgehead atoms. The lowest BCUT2D eigenvalue weighted by Crippen LogP contribution is -2.04. The van der Waals surface area contributed by atoms with Crippen molar-refractivity contribution >= 4 is 11.3 Å². The van der Waals surface area contributed by atoms with Gasteiger partial charge in [-0.3, -0.25) is 0 Å². The van der Waals surface area contributed by atoms with Crippen LogP contribution in [0.2, 0.25) is 0 Å². The first-order valence-electron chi connectivity index (χ1n) is 7.49. The largest absolute Gasteiger partial charge is 0.330 e. The van der Waals surface area contributed by atoms with E-state index in [1.807, 2.05) is 0 Å². The minimum Gasteiger partial charge on any atom is -0.330 e. The Morgan fingerprint density at radius 1 is 1.05 bits per heavy atom. The second kappa shape index (κ2) is 6.46. The van der Waals surface area contributed by atoms with Crippen molar-refractivity contribution in [1.82, 2.24) is 10.2 Å². The van der Waals surface area contributed by atoms with Gasteiger partial charge in [-0.05, 0) is 30.9 Å². The summed E-state index contributed by atoms with van der Waals surface area (Å²) in [6, 6.07) is 8.93. The van der Waals surface area contributed by atoms with Crippen LogP contribution in [0.25, 0.3) is 10.6 Å². The van der Waals surface area contributed by atoms with Gasteiger partial charge in [0.25, 0.3) is 0 Å². The fourth-order valence-electron chi connectivity index (χ4n) is 2.93. The van der Waals surface area contributed by atoms with Gasteiger partial charge in [0.2, 0.25) is 0 Å². The molecule has 0 amide bonds. The van der Waals surface area contributed by atoms with E-state index in [0.717, 1.165) is 22.4 Å². The van der Waals surface area contributed by atoms with Gasteiger partial charge in [-0.25, -0.2) is 0 Å². The van der Waals surface area contributed by atoms with E-state index < -0.39 is 0 Å². The molecule has 1 fully saturated rings. The third-order valence-electron chi connectivity index (χ3n) is 4.06. The van der Waals surface area contributed by atoms with Crippen molar-refractivity contribution in [2.45, 2.75) is 44.4 Å². The molecule has 1 aromatic heterocycles. The standard InChI is InChI=1S/C16H21N3S/c17-11-10-15-18-19-16(20-15)14-8-6-13(7-9-14)12-4-2-1-3-5-12/h6-9,12H,1-5,10-11,17H2. The summed E-state index contributed by atoms with van der Waals surface area (Å²) < 4.78 is 0. The molecule has 1 saturated carbocycles. The van der Waals surface area contributed by atoms with Crippen LogP contribution in [0, 0.1) is 0 Å². The smallest absolute Gasteiger partial charge is 0.147 e. The number of hydrogen-bond donors (Lipinski definition) is 1. The van der Waals surface area contributed by atoms with E-state index in [-0.39, 0.29) is 0 Å². The van der Waals surface area contributed by atoms with Crippen molar-refractivity contribution in [2.24, 2.45) is 5.73 Å². The SMILES string of the molecule is NCCc1nnc(-c2ccc(C3CCCCC3)cc2)s1. The maximum absolute atomic E-state index is 5.55. The third kappa shape index (κ3) is 3.07. The summed E-state index contributed by atoms with van der Waals surface area (Å²) >= 11 is 1.65. The summed E-state index contributed by atoms with van der Waals surface area (Å²) in [4.78, 5) is 0. The highest BCUT2D eigenvalue weighted by molar-refractivity contribution is 7.14. The maximum Gasteiger partial charge on any atom is 0.147 e. The first-order chi connectivity index (χ1) is 9.86. The van der Waals surface area contributed by atoms with E-state index in [4.69, 9.17) is 5.73 Å². The van der Waals surface area contributed by atoms with Gasteiger partial charge in [-0.2, -0.15) is 0 Å². The molecule has 0 atom stereocenters. The molecule has 0 radical (unpaired) electrons. The quantitative estimate of drug-likeness (QED) is 0.931. The summed E-state index contributed by atoms with van der Waals surface area (Å²) in [6.45, 7) is 0.634. The first kappa shape index (κ1) is 13.7. The number of aromatic nitrogens is 2. The number of benzene rings is 1. The van der Waals surface area contributed by atoms with Gasteiger partial charge in [0.1, 0.15) is 10.0 Å². The summed E-state index contributed by atoms with van der Waals surface area (Å²) in [5, 5.41) is 10.5. The first-order valence-corrected chi connectivity index (χ1v) is 8.31. The molecule has 3 nitrogen and oxygen atoms in total. The van der Waals surface area contributed by atoms with Crippen LogP contribution in [0.4, 0.5) is 0 Å².